The fourth-order valence-electron chi connectivity index (χ4n) is 4.84. The number of pyridine rings is 1. The number of urea groups is 1. The number of alkyl halides is 3. The number of anilines is 2. The number of morpholine rings is 1. The number of benzene rings is 1. The van der Waals surface area contributed by atoms with Gasteiger partial charge in [0.25, 0.3) is 0 Å². The van der Waals surface area contributed by atoms with Gasteiger partial charge in [0.1, 0.15) is 12.4 Å². The average molecular weight is 537 g/mol. The second-order valence-electron chi connectivity index (χ2n) is 10.2. The van der Waals surface area contributed by atoms with E-state index in [4.69, 9.17) is 9.47 Å². The summed E-state index contributed by atoms with van der Waals surface area (Å²) in [6.45, 7) is 7.99. The number of aromatic nitrogens is 1. The SMILES string of the molecule is Cc1ccc(NC(=O)N2CC[C@@H](CC(F)(F)F)C2)cc1-c1cc(OC[C@@H](C)O)nc(N2CCO[C@H](C)C2)c1. The Kier molecular flexibility index (Phi) is 8.67. The molecule has 0 saturated carbocycles. The Bertz CT molecular complexity index is 1130. The van der Waals surface area contributed by atoms with Crippen molar-refractivity contribution in [1.29, 1.82) is 0 Å². The molecule has 2 saturated heterocycles. The first-order valence-corrected chi connectivity index (χ1v) is 12.9. The average Bonchev–Trinajstić information content (AvgIpc) is 3.31. The van der Waals surface area contributed by atoms with Gasteiger partial charge in [-0.1, -0.05) is 6.07 Å². The molecule has 208 valence electrons. The van der Waals surface area contributed by atoms with Crippen molar-refractivity contribution in [2.45, 2.75) is 52.0 Å². The molecule has 4 rings (SSSR count). The topological polar surface area (TPSA) is 87.2 Å². The van der Waals surface area contributed by atoms with E-state index in [1.807, 2.05) is 32.0 Å². The van der Waals surface area contributed by atoms with Gasteiger partial charge in [-0.25, -0.2) is 4.79 Å². The van der Waals surface area contributed by atoms with Gasteiger partial charge >= 0.3 is 12.2 Å². The number of ether oxygens (including phenoxy) is 2. The van der Waals surface area contributed by atoms with Crippen molar-refractivity contribution in [2.24, 2.45) is 5.92 Å². The van der Waals surface area contributed by atoms with Crippen molar-refractivity contribution < 1.29 is 32.5 Å². The Morgan fingerprint density at radius 2 is 2.05 bits per heavy atom. The van der Waals surface area contributed by atoms with Gasteiger partial charge in [-0.15, -0.1) is 0 Å². The number of amides is 2. The first-order valence-electron chi connectivity index (χ1n) is 12.9. The summed E-state index contributed by atoms with van der Waals surface area (Å²) < 4.78 is 49.7. The van der Waals surface area contributed by atoms with Crippen LogP contribution >= 0.6 is 0 Å². The molecule has 0 aliphatic carbocycles. The highest BCUT2D eigenvalue weighted by molar-refractivity contribution is 5.90. The number of likely N-dealkylation sites (tertiary alicyclic amines) is 1. The van der Waals surface area contributed by atoms with E-state index < -0.39 is 30.7 Å². The summed E-state index contributed by atoms with van der Waals surface area (Å²) in [5, 5.41) is 12.5. The lowest BCUT2D eigenvalue weighted by atomic mass is 10.00. The molecule has 2 fully saturated rings. The molecule has 1 aromatic carbocycles. The number of hydrogen-bond donors (Lipinski definition) is 2. The lowest BCUT2D eigenvalue weighted by Crippen LogP contribution is -2.41. The van der Waals surface area contributed by atoms with Crippen molar-refractivity contribution >= 4 is 17.5 Å². The zero-order chi connectivity index (χ0) is 27.4. The largest absolute Gasteiger partial charge is 0.475 e. The van der Waals surface area contributed by atoms with E-state index >= 15 is 0 Å². The van der Waals surface area contributed by atoms with Crippen molar-refractivity contribution in [1.82, 2.24) is 9.88 Å². The molecule has 3 atom stereocenters. The van der Waals surface area contributed by atoms with E-state index in [1.165, 1.54) is 4.90 Å². The number of hydrogen-bond acceptors (Lipinski definition) is 6. The van der Waals surface area contributed by atoms with Crippen LogP contribution in [0.3, 0.4) is 0 Å². The highest BCUT2D eigenvalue weighted by Crippen LogP contribution is 2.33. The van der Waals surface area contributed by atoms with Crippen molar-refractivity contribution in [3.8, 4) is 17.0 Å². The maximum Gasteiger partial charge on any atom is 0.389 e. The summed E-state index contributed by atoms with van der Waals surface area (Å²) in [6.07, 6.45) is -5.38. The number of rotatable bonds is 7. The molecule has 0 spiro atoms. The van der Waals surface area contributed by atoms with E-state index in [-0.39, 0.29) is 19.3 Å². The van der Waals surface area contributed by atoms with Gasteiger partial charge in [-0.2, -0.15) is 18.2 Å². The third-order valence-electron chi connectivity index (χ3n) is 6.72. The summed E-state index contributed by atoms with van der Waals surface area (Å²) in [7, 11) is 0. The molecule has 0 bridgehead atoms. The Balaban J connectivity index is 1.55. The molecule has 0 unspecified atom stereocenters. The molecule has 2 aliphatic rings. The van der Waals surface area contributed by atoms with E-state index in [0.717, 1.165) is 22.5 Å². The fourth-order valence-corrected chi connectivity index (χ4v) is 4.84. The van der Waals surface area contributed by atoms with Crippen molar-refractivity contribution in [2.75, 3.05) is 49.6 Å². The summed E-state index contributed by atoms with van der Waals surface area (Å²) in [5.74, 6) is 0.520. The molecular formula is C27H35F3N4O4. The molecule has 2 amide bonds. The number of nitrogens with zero attached hydrogens (tertiary/aromatic N) is 3. The molecular weight excluding hydrogens is 501 g/mol. The normalized spacial score (nSPS) is 20.9. The van der Waals surface area contributed by atoms with E-state index in [0.29, 0.717) is 44.2 Å². The van der Waals surface area contributed by atoms with Crippen LogP contribution in [-0.4, -0.2) is 78.8 Å². The number of aryl methyl sites for hydroxylation is 1. The van der Waals surface area contributed by atoms with Gasteiger partial charge in [0, 0.05) is 44.4 Å². The maximum atomic E-state index is 12.8. The third-order valence-corrected chi connectivity index (χ3v) is 6.72. The minimum Gasteiger partial charge on any atom is -0.475 e. The van der Waals surface area contributed by atoms with E-state index in [1.54, 1.807) is 19.1 Å². The van der Waals surface area contributed by atoms with Gasteiger partial charge in [-0.3, -0.25) is 0 Å². The minimum atomic E-state index is -4.23. The fraction of sp³-hybridized carbons (Fsp3) is 0.556. The quantitative estimate of drug-likeness (QED) is 0.526. The van der Waals surface area contributed by atoms with Crippen molar-refractivity contribution in [3.63, 3.8) is 0 Å². The number of nitrogens with one attached hydrogen (secondary N) is 1. The summed E-state index contributed by atoms with van der Waals surface area (Å²) in [5.41, 5.74) is 3.18. The number of aliphatic hydroxyl groups excluding tert-OH is 1. The number of carbonyl (C=O) groups is 1. The first kappa shape index (κ1) is 28.0. The molecule has 0 radical (unpaired) electrons. The van der Waals surface area contributed by atoms with Crippen molar-refractivity contribution in [3.05, 3.63) is 35.9 Å². The third kappa shape index (κ3) is 7.50. The summed E-state index contributed by atoms with van der Waals surface area (Å²) in [4.78, 5) is 21.0. The molecule has 3 heterocycles. The zero-order valence-corrected chi connectivity index (χ0v) is 21.9. The van der Waals surface area contributed by atoms with Gasteiger partial charge in [0.15, 0.2) is 0 Å². The lowest BCUT2D eigenvalue weighted by Gasteiger charge is -2.32. The van der Waals surface area contributed by atoms with Crippen LogP contribution in [0, 0.1) is 12.8 Å². The predicted octanol–water partition coefficient (Wildman–Crippen LogP) is 4.85. The molecule has 38 heavy (non-hydrogen) atoms. The van der Waals surface area contributed by atoms with Crippen LogP contribution < -0.4 is 15.0 Å². The second kappa shape index (κ2) is 11.8. The summed E-state index contributed by atoms with van der Waals surface area (Å²) in [6, 6.07) is 8.85. The Labute approximate surface area is 220 Å². The van der Waals surface area contributed by atoms with Crippen LogP contribution in [0.1, 0.15) is 32.3 Å². The zero-order valence-electron chi connectivity index (χ0n) is 21.9. The van der Waals surface area contributed by atoms with E-state index in [9.17, 15) is 23.1 Å². The number of aliphatic hydroxyl groups is 1. The molecule has 1 aromatic heterocycles. The van der Waals surface area contributed by atoms with Gasteiger partial charge in [0.2, 0.25) is 5.88 Å². The Hall–Kier alpha value is -3.05. The molecule has 8 nitrogen and oxygen atoms in total. The number of halogens is 3. The van der Waals surface area contributed by atoms with Crippen LogP contribution in [0.5, 0.6) is 5.88 Å². The van der Waals surface area contributed by atoms with Gasteiger partial charge in [0.05, 0.1) is 18.8 Å². The first-order chi connectivity index (χ1) is 18.0. The van der Waals surface area contributed by atoms with E-state index in [2.05, 4.69) is 15.2 Å². The molecule has 2 aromatic rings. The predicted molar refractivity (Wildman–Crippen MR) is 139 cm³/mol. The minimum absolute atomic E-state index is 0.0534. The smallest absolute Gasteiger partial charge is 0.389 e. The maximum absolute atomic E-state index is 12.8. The Morgan fingerprint density at radius 1 is 1.26 bits per heavy atom. The Morgan fingerprint density at radius 3 is 2.76 bits per heavy atom. The standard InChI is InChI=1S/C27H35F3N4O4/c1-17-4-5-22(31-26(36)34-7-6-20(15-34)13-27(28,29)30)12-23(17)21-10-24(33-8-9-37-19(3)14-33)32-25(11-21)38-16-18(2)35/h4-5,10-12,18-20,35H,6-9,13-16H2,1-3H3,(H,31,36)/t18-,19-,20+/m1/s1. The van der Waals surface area contributed by atoms with Crippen LogP contribution in [0.25, 0.3) is 11.1 Å². The van der Waals surface area contributed by atoms with Crippen LogP contribution in [0.15, 0.2) is 30.3 Å². The summed E-state index contributed by atoms with van der Waals surface area (Å²) >= 11 is 0. The number of carbonyl (C=O) groups excluding carboxylic acids is 1. The molecule has 11 heteroatoms. The van der Waals surface area contributed by atoms with Crippen LogP contribution in [0.2, 0.25) is 0 Å². The highest BCUT2D eigenvalue weighted by atomic mass is 19.4. The van der Waals surface area contributed by atoms with Gasteiger partial charge < -0.3 is 29.7 Å². The lowest BCUT2D eigenvalue weighted by molar-refractivity contribution is -0.143. The van der Waals surface area contributed by atoms with Gasteiger partial charge in [-0.05, 0) is 68.0 Å². The monoisotopic (exact) mass is 536 g/mol. The highest BCUT2D eigenvalue weighted by Gasteiger charge is 2.36. The second-order valence-corrected chi connectivity index (χ2v) is 10.2. The van der Waals surface area contributed by atoms with Crippen LogP contribution in [-0.2, 0) is 4.74 Å². The van der Waals surface area contributed by atoms with Crippen LogP contribution in [0.4, 0.5) is 29.5 Å². The molecule has 2 N–H and O–H groups in total. The molecule has 2 aliphatic heterocycles.